The number of nitrogens with one attached hydrogen (secondary N) is 1. The lowest BCUT2D eigenvalue weighted by atomic mass is 9.92. The summed E-state index contributed by atoms with van der Waals surface area (Å²) in [7, 11) is 1.41. The molecule has 86 valence electrons. The van der Waals surface area contributed by atoms with Crippen LogP contribution in [0.1, 0.15) is 35.2 Å². The summed E-state index contributed by atoms with van der Waals surface area (Å²) >= 11 is 0. The molecule has 0 aliphatic heterocycles. The fourth-order valence-electron chi connectivity index (χ4n) is 1.84. The molecule has 0 spiro atoms. The van der Waals surface area contributed by atoms with Crippen molar-refractivity contribution in [1.29, 1.82) is 0 Å². The van der Waals surface area contributed by atoms with Crippen molar-refractivity contribution < 1.29 is 9.53 Å². The summed E-state index contributed by atoms with van der Waals surface area (Å²) in [5.74, 6) is -0.273. The number of anilines is 1. The average Bonchev–Trinajstić information content (AvgIpc) is 2.23. The first kappa shape index (κ1) is 11.0. The largest absolute Gasteiger partial charge is 0.465 e. The Balaban J connectivity index is 2.23. The van der Waals surface area contributed by atoms with Crippen LogP contribution < -0.4 is 5.32 Å². The Morgan fingerprint density at radius 1 is 1.44 bits per heavy atom. The summed E-state index contributed by atoms with van der Waals surface area (Å²) in [6, 6.07) is 6.35. The Bertz CT molecular complexity index is 397. The van der Waals surface area contributed by atoms with E-state index < -0.39 is 0 Å². The summed E-state index contributed by atoms with van der Waals surface area (Å²) < 4.78 is 4.79. The summed E-state index contributed by atoms with van der Waals surface area (Å²) in [6.07, 6.45) is 3.65. The minimum atomic E-state index is -0.273. The number of hydrogen-bond donors (Lipinski definition) is 1. The highest BCUT2D eigenvalue weighted by Crippen LogP contribution is 2.26. The van der Waals surface area contributed by atoms with Gasteiger partial charge in [-0.15, -0.1) is 0 Å². The molecule has 1 saturated carbocycles. The van der Waals surface area contributed by atoms with Crippen LogP contribution in [0.2, 0.25) is 0 Å². The van der Waals surface area contributed by atoms with E-state index >= 15 is 0 Å². The topological polar surface area (TPSA) is 38.3 Å². The van der Waals surface area contributed by atoms with Crippen LogP contribution >= 0.6 is 0 Å². The Labute approximate surface area is 95.8 Å². The fourth-order valence-corrected chi connectivity index (χ4v) is 1.84. The van der Waals surface area contributed by atoms with Crippen LogP contribution in [-0.2, 0) is 4.74 Å². The number of carbonyl (C=O) groups is 1. The first-order chi connectivity index (χ1) is 7.70. The number of benzene rings is 1. The van der Waals surface area contributed by atoms with Crippen molar-refractivity contribution in [2.75, 3.05) is 12.4 Å². The number of rotatable bonds is 3. The van der Waals surface area contributed by atoms with Gasteiger partial charge in [0.1, 0.15) is 0 Å². The maximum atomic E-state index is 11.6. The van der Waals surface area contributed by atoms with Gasteiger partial charge in [-0.2, -0.15) is 0 Å². The molecule has 0 bridgehead atoms. The van der Waals surface area contributed by atoms with Crippen LogP contribution in [0.25, 0.3) is 0 Å². The number of carbonyl (C=O) groups excluding carboxylic acids is 1. The van der Waals surface area contributed by atoms with E-state index in [1.165, 1.54) is 26.4 Å². The maximum absolute atomic E-state index is 11.6. The summed E-state index contributed by atoms with van der Waals surface area (Å²) in [4.78, 5) is 11.6. The lowest BCUT2D eigenvalue weighted by molar-refractivity contribution is 0.0601. The minimum Gasteiger partial charge on any atom is -0.465 e. The van der Waals surface area contributed by atoms with Gasteiger partial charge in [0.15, 0.2) is 0 Å². The second kappa shape index (κ2) is 4.56. The first-order valence-electron chi connectivity index (χ1n) is 5.66. The van der Waals surface area contributed by atoms with E-state index in [9.17, 15) is 4.79 Å². The van der Waals surface area contributed by atoms with Gasteiger partial charge in [0, 0.05) is 11.7 Å². The van der Waals surface area contributed by atoms with Crippen molar-refractivity contribution in [2.24, 2.45) is 0 Å². The van der Waals surface area contributed by atoms with E-state index in [0.29, 0.717) is 11.6 Å². The van der Waals surface area contributed by atoms with Gasteiger partial charge in [0.25, 0.3) is 0 Å². The van der Waals surface area contributed by atoms with Crippen molar-refractivity contribution in [2.45, 2.75) is 32.2 Å². The van der Waals surface area contributed by atoms with E-state index in [1.807, 2.05) is 25.1 Å². The quantitative estimate of drug-likeness (QED) is 0.794. The lowest BCUT2D eigenvalue weighted by Gasteiger charge is -2.28. The standard InChI is InChI=1S/C13H17NO2/c1-9-6-7-12(14-10-4-3-5-10)11(8-9)13(15)16-2/h6-8,10,14H,3-5H2,1-2H3. The number of hydrogen-bond acceptors (Lipinski definition) is 3. The molecule has 16 heavy (non-hydrogen) atoms. The second-order valence-electron chi connectivity index (χ2n) is 4.31. The van der Waals surface area contributed by atoms with Gasteiger partial charge in [-0.1, -0.05) is 11.6 Å². The van der Waals surface area contributed by atoms with Crippen LogP contribution in [-0.4, -0.2) is 19.1 Å². The second-order valence-corrected chi connectivity index (χ2v) is 4.31. The van der Waals surface area contributed by atoms with Crippen molar-refractivity contribution >= 4 is 11.7 Å². The van der Waals surface area contributed by atoms with Crippen molar-refractivity contribution in [3.8, 4) is 0 Å². The van der Waals surface area contributed by atoms with E-state index in [1.54, 1.807) is 0 Å². The van der Waals surface area contributed by atoms with Gasteiger partial charge < -0.3 is 10.1 Å². The third-order valence-corrected chi connectivity index (χ3v) is 3.05. The molecule has 0 radical (unpaired) electrons. The number of aryl methyl sites for hydroxylation is 1. The third-order valence-electron chi connectivity index (χ3n) is 3.05. The van der Waals surface area contributed by atoms with Crippen LogP contribution in [0.4, 0.5) is 5.69 Å². The molecule has 1 fully saturated rings. The minimum absolute atomic E-state index is 0.273. The Hall–Kier alpha value is -1.51. The molecule has 1 aromatic rings. The zero-order chi connectivity index (χ0) is 11.5. The van der Waals surface area contributed by atoms with Crippen molar-refractivity contribution in [3.05, 3.63) is 29.3 Å². The Kier molecular flexibility index (Phi) is 3.13. The molecule has 3 heteroatoms. The molecule has 0 saturated heterocycles. The molecule has 0 amide bonds. The molecule has 0 aromatic heterocycles. The summed E-state index contributed by atoms with van der Waals surface area (Å²) in [5, 5.41) is 3.39. The summed E-state index contributed by atoms with van der Waals surface area (Å²) in [5.41, 5.74) is 2.59. The van der Waals surface area contributed by atoms with Crippen LogP contribution in [0, 0.1) is 6.92 Å². The summed E-state index contributed by atoms with van der Waals surface area (Å²) in [6.45, 7) is 1.97. The molecular weight excluding hydrogens is 202 g/mol. The normalized spacial score (nSPS) is 15.4. The lowest BCUT2D eigenvalue weighted by Crippen LogP contribution is -2.28. The van der Waals surface area contributed by atoms with Gasteiger partial charge in [-0.05, 0) is 38.3 Å². The van der Waals surface area contributed by atoms with Gasteiger partial charge >= 0.3 is 5.97 Å². The van der Waals surface area contributed by atoms with Crippen molar-refractivity contribution in [1.82, 2.24) is 0 Å². The Morgan fingerprint density at radius 3 is 2.75 bits per heavy atom. The zero-order valence-corrected chi connectivity index (χ0v) is 9.75. The van der Waals surface area contributed by atoms with Gasteiger partial charge in [0.2, 0.25) is 0 Å². The van der Waals surface area contributed by atoms with Gasteiger partial charge in [-0.25, -0.2) is 4.79 Å². The zero-order valence-electron chi connectivity index (χ0n) is 9.75. The van der Waals surface area contributed by atoms with Gasteiger partial charge in [-0.3, -0.25) is 0 Å². The molecule has 0 atom stereocenters. The fraction of sp³-hybridized carbons (Fsp3) is 0.462. The molecule has 3 nitrogen and oxygen atoms in total. The van der Waals surface area contributed by atoms with E-state index in [2.05, 4.69) is 5.32 Å². The number of methoxy groups -OCH3 is 1. The molecular formula is C13H17NO2. The van der Waals surface area contributed by atoms with Crippen LogP contribution in [0.3, 0.4) is 0 Å². The predicted molar refractivity (Wildman–Crippen MR) is 63.8 cm³/mol. The average molecular weight is 219 g/mol. The number of ether oxygens (including phenoxy) is 1. The van der Waals surface area contributed by atoms with Crippen LogP contribution in [0.5, 0.6) is 0 Å². The smallest absolute Gasteiger partial charge is 0.339 e. The Morgan fingerprint density at radius 2 is 2.19 bits per heavy atom. The van der Waals surface area contributed by atoms with Crippen molar-refractivity contribution in [3.63, 3.8) is 0 Å². The highest BCUT2D eigenvalue weighted by Gasteiger charge is 2.20. The van der Waals surface area contributed by atoms with Gasteiger partial charge in [0.05, 0.1) is 12.7 Å². The molecule has 0 heterocycles. The SMILES string of the molecule is COC(=O)c1cc(C)ccc1NC1CCC1. The molecule has 1 aliphatic carbocycles. The van der Waals surface area contributed by atoms with E-state index in [0.717, 1.165) is 11.3 Å². The predicted octanol–water partition coefficient (Wildman–Crippen LogP) is 2.75. The molecule has 1 aromatic carbocycles. The third kappa shape index (κ3) is 2.18. The molecule has 2 rings (SSSR count). The highest BCUT2D eigenvalue weighted by atomic mass is 16.5. The molecule has 0 unspecified atom stereocenters. The van der Waals surface area contributed by atoms with E-state index in [4.69, 9.17) is 4.74 Å². The van der Waals surface area contributed by atoms with Crippen LogP contribution in [0.15, 0.2) is 18.2 Å². The first-order valence-corrected chi connectivity index (χ1v) is 5.66. The maximum Gasteiger partial charge on any atom is 0.339 e. The highest BCUT2D eigenvalue weighted by molar-refractivity contribution is 5.95. The monoisotopic (exact) mass is 219 g/mol. The number of esters is 1. The molecule has 1 aliphatic rings. The van der Waals surface area contributed by atoms with E-state index in [-0.39, 0.29) is 5.97 Å². The molecule has 1 N–H and O–H groups in total.